The van der Waals surface area contributed by atoms with Gasteiger partial charge in [-0.2, -0.15) is 9.49 Å². The smallest absolute Gasteiger partial charge is 0.224 e. The van der Waals surface area contributed by atoms with E-state index in [-0.39, 0.29) is 11.0 Å². The summed E-state index contributed by atoms with van der Waals surface area (Å²) in [6.45, 7) is 1.79. The van der Waals surface area contributed by atoms with E-state index >= 15 is 0 Å². The Morgan fingerprint density at radius 3 is 2.89 bits per heavy atom. The average Bonchev–Trinajstić information content (AvgIpc) is 3.61. The lowest BCUT2D eigenvalue weighted by Gasteiger charge is -2.06. The van der Waals surface area contributed by atoms with Gasteiger partial charge in [-0.1, -0.05) is 6.92 Å². The molecule has 0 aliphatic rings. The van der Waals surface area contributed by atoms with Crippen molar-refractivity contribution in [2.45, 2.75) is 13.3 Å². The third kappa shape index (κ3) is 3.81. The maximum absolute atomic E-state index is 13.6. The summed E-state index contributed by atoms with van der Waals surface area (Å²) in [6.07, 6.45) is 5.31. The van der Waals surface area contributed by atoms with Crippen LogP contribution in [-0.2, 0) is 4.79 Å². The standard InChI is InChI=1S/C24H17FN8OS/c1-2-19(34)28-13-9-12(10-26-11-13)15-3-4-16-21(29-15)22(33-32-16)24-30-20-14(7-8-27-23(20)31-24)17-5-6-18(25)35-17/h3-11H,2H2,1H3,(H,28,34)(H,32,33)(H,27,30,31). The minimum absolute atomic E-state index is 0.0902. The van der Waals surface area contributed by atoms with Gasteiger partial charge >= 0.3 is 0 Å². The zero-order valence-electron chi connectivity index (χ0n) is 18.3. The van der Waals surface area contributed by atoms with Crippen molar-refractivity contribution in [1.29, 1.82) is 0 Å². The first kappa shape index (κ1) is 21.1. The molecule has 0 fully saturated rings. The topological polar surface area (TPSA) is 125 Å². The summed E-state index contributed by atoms with van der Waals surface area (Å²) in [4.78, 5) is 33.8. The predicted octanol–water partition coefficient (Wildman–Crippen LogP) is 5.17. The van der Waals surface area contributed by atoms with Crippen LogP contribution in [0, 0.1) is 5.13 Å². The van der Waals surface area contributed by atoms with Crippen LogP contribution in [0.15, 0.2) is 55.0 Å². The van der Waals surface area contributed by atoms with Crippen molar-refractivity contribution in [3.05, 3.63) is 60.1 Å². The molecule has 35 heavy (non-hydrogen) atoms. The highest BCUT2D eigenvalue weighted by atomic mass is 32.1. The molecule has 3 N–H and O–H groups in total. The third-order valence-electron chi connectivity index (χ3n) is 5.50. The van der Waals surface area contributed by atoms with Gasteiger partial charge in [-0.25, -0.2) is 15.0 Å². The molecule has 0 aromatic carbocycles. The Morgan fingerprint density at radius 2 is 2.06 bits per heavy atom. The predicted molar refractivity (Wildman–Crippen MR) is 132 cm³/mol. The number of carbonyl (C=O) groups excluding carboxylic acids is 1. The molecule has 9 nitrogen and oxygen atoms in total. The summed E-state index contributed by atoms with van der Waals surface area (Å²) in [5, 5.41) is 9.98. The minimum atomic E-state index is -0.257. The lowest BCUT2D eigenvalue weighted by molar-refractivity contribution is -0.115. The van der Waals surface area contributed by atoms with E-state index in [4.69, 9.17) is 4.98 Å². The number of aromatic amines is 2. The number of halogens is 1. The average molecular weight is 485 g/mol. The number of imidazole rings is 1. The monoisotopic (exact) mass is 484 g/mol. The molecule has 172 valence electrons. The molecule has 11 heteroatoms. The number of rotatable bonds is 5. The van der Waals surface area contributed by atoms with Gasteiger partial charge < -0.3 is 10.3 Å². The van der Waals surface area contributed by atoms with Crippen LogP contribution in [0.3, 0.4) is 0 Å². The minimum Gasteiger partial charge on any atom is -0.335 e. The van der Waals surface area contributed by atoms with Gasteiger partial charge in [0.1, 0.15) is 5.52 Å². The number of anilines is 1. The summed E-state index contributed by atoms with van der Waals surface area (Å²) in [5.74, 6) is 0.405. The van der Waals surface area contributed by atoms with E-state index in [1.807, 2.05) is 24.3 Å². The Labute approximate surface area is 201 Å². The van der Waals surface area contributed by atoms with Crippen molar-refractivity contribution in [3.8, 4) is 33.2 Å². The molecule has 6 rings (SSSR count). The maximum Gasteiger partial charge on any atom is 0.224 e. The van der Waals surface area contributed by atoms with E-state index in [1.165, 1.54) is 6.07 Å². The SMILES string of the molecule is CCC(=O)Nc1cncc(-c2ccc3[nH]nc(-c4nc5nccc(-c6ccc(F)s6)c5[nH]4)c3n2)c1. The van der Waals surface area contributed by atoms with E-state index in [0.717, 1.165) is 32.9 Å². The van der Waals surface area contributed by atoms with Crippen LogP contribution in [0.5, 0.6) is 0 Å². The number of hydrogen-bond donors (Lipinski definition) is 3. The first-order valence-electron chi connectivity index (χ1n) is 10.8. The number of carbonyl (C=O) groups is 1. The zero-order valence-corrected chi connectivity index (χ0v) is 19.2. The fourth-order valence-electron chi connectivity index (χ4n) is 3.81. The number of amides is 1. The Balaban J connectivity index is 1.43. The lowest BCUT2D eigenvalue weighted by Crippen LogP contribution is -2.09. The van der Waals surface area contributed by atoms with Crippen LogP contribution in [0.25, 0.3) is 55.4 Å². The van der Waals surface area contributed by atoms with Gasteiger partial charge in [0, 0.05) is 34.8 Å². The van der Waals surface area contributed by atoms with Crippen LogP contribution in [0.4, 0.5) is 10.1 Å². The highest BCUT2D eigenvalue weighted by Gasteiger charge is 2.18. The molecule has 0 saturated heterocycles. The van der Waals surface area contributed by atoms with Gasteiger partial charge in [-0.15, -0.1) is 11.3 Å². The van der Waals surface area contributed by atoms with E-state index in [2.05, 4.69) is 35.5 Å². The van der Waals surface area contributed by atoms with Crippen LogP contribution in [0.2, 0.25) is 0 Å². The molecular weight excluding hydrogens is 467 g/mol. The largest absolute Gasteiger partial charge is 0.335 e. The molecule has 0 radical (unpaired) electrons. The second kappa shape index (κ2) is 8.37. The molecule has 6 aromatic heterocycles. The summed E-state index contributed by atoms with van der Waals surface area (Å²) in [6, 6.07) is 10.6. The number of thiophene rings is 1. The number of hydrogen-bond acceptors (Lipinski definition) is 7. The zero-order chi connectivity index (χ0) is 23.9. The Kier molecular flexibility index (Phi) is 5.03. The molecule has 0 unspecified atom stereocenters. The Hall–Kier alpha value is -4.51. The van der Waals surface area contributed by atoms with Crippen molar-refractivity contribution in [2.24, 2.45) is 0 Å². The summed E-state index contributed by atoms with van der Waals surface area (Å²) in [5.41, 5.74) is 5.92. The second-order valence-electron chi connectivity index (χ2n) is 7.78. The van der Waals surface area contributed by atoms with E-state index in [9.17, 15) is 9.18 Å². The molecule has 0 aliphatic heterocycles. The highest BCUT2D eigenvalue weighted by Crippen LogP contribution is 2.34. The van der Waals surface area contributed by atoms with Crippen molar-refractivity contribution in [3.63, 3.8) is 0 Å². The number of nitrogens with zero attached hydrogens (tertiary/aromatic N) is 5. The molecule has 0 aliphatic carbocycles. The van der Waals surface area contributed by atoms with Gasteiger partial charge in [0.05, 0.1) is 28.6 Å². The quantitative estimate of drug-likeness (QED) is 0.310. The van der Waals surface area contributed by atoms with E-state index < -0.39 is 0 Å². The number of fused-ring (bicyclic) bond motifs is 2. The van der Waals surface area contributed by atoms with Gasteiger partial charge in [0.25, 0.3) is 0 Å². The molecule has 6 aromatic rings. The fraction of sp³-hybridized carbons (Fsp3) is 0.0833. The lowest BCUT2D eigenvalue weighted by atomic mass is 10.1. The molecule has 1 amide bonds. The maximum atomic E-state index is 13.6. The van der Waals surface area contributed by atoms with Crippen LogP contribution in [0.1, 0.15) is 13.3 Å². The molecular formula is C24H17FN8OS. The molecule has 0 spiro atoms. The van der Waals surface area contributed by atoms with Gasteiger partial charge in [-0.05, 0) is 36.4 Å². The van der Waals surface area contributed by atoms with Crippen LogP contribution >= 0.6 is 11.3 Å². The second-order valence-corrected chi connectivity index (χ2v) is 8.81. The number of pyridine rings is 3. The molecule has 6 heterocycles. The Morgan fingerprint density at radius 1 is 1.14 bits per heavy atom. The molecule has 0 atom stereocenters. The van der Waals surface area contributed by atoms with Crippen molar-refractivity contribution >= 4 is 45.1 Å². The summed E-state index contributed by atoms with van der Waals surface area (Å²) >= 11 is 1.06. The first-order chi connectivity index (χ1) is 17.1. The fourth-order valence-corrected chi connectivity index (χ4v) is 4.57. The number of aromatic nitrogens is 7. The number of H-pyrrole nitrogens is 2. The number of nitrogens with one attached hydrogen (secondary N) is 3. The van der Waals surface area contributed by atoms with Crippen molar-refractivity contribution in [2.75, 3.05) is 5.32 Å². The molecule has 0 saturated carbocycles. The van der Waals surface area contributed by atoms with Crippen molar-refractivity contribution in [1.82, 2.24) is 35.1 Å². The molecule has 0 bridgehead atoms. The third-order valence-corrected chi connectivity index (χ3v) is 6.41. The normalized spacial score (nSPS) is 11.4. The van der Waals surface area contributed by atoms with E-state index in [0.29, 0.717) is 46.0 Å². The van der Waals surface area contributed by atoms with Crippen molar-refractivity contribution < 1.29 is 9.18 Å². The van der Waals surface area contributed by atoms with Gasteiger partial charge in [-0.3, -0.25) is 14.9 Å². The highest BCUT2D eigenvalue weighted by molar-refractivity contribution is 7.14. The van der Waals surface area contributed by atoms with Crippen LogP contribution < -0.4 is 5.32 Å². The summed E-state index contributed by atoms with van der Waals surface area (Å²) < 4.78 is 13.6. The van der Waals surface area contributed by atoms with E-state index in [1.54, 1.807) is 31.6 Å². The van der Waals surface area contributed by atoms with Crippen LogP contribution in [-0.4, -0.2) is 41.0 Å². The summed E-state index contributed by atoms with van der Waals surface area (Å²) in [7, 11) is 0. The Bertz CT molecular complexity index is 1720. The van der Waals surface area contributed by atoms with Gasteiger partial charge in [0.15, 0.2) is 22.3 Å². The van der Waals surface area contributed by atoms with Gasteiger partial charge in [0.2, 0.25) is 5.91 Å². The first-order valence-corrected chi connectivity index (χ1v) is 11.6.